The first-order valence-corrected chi connectivity index (χ1v) is 53.4. The number of hydrogen-bond donors (Lipinski definition) is 7. The Kier molecular flexibility index (Phi) is 114. The first-order chi connectivity index (χ1) is 68.9. The molecule has 0 heterocycles. The van der Waals surface area contributed by atoms with E-state index in [4.69, 9.17) is 61.9 Å². The normalized spacial score (nSPS) is 11.5. The summed E-state index contributed by atoms with van der Waals surface area (Å²) < 4.78 is 65.5. The molecule has 0 spiro atoms. The predicted octanol–water partition coefficient (Wildman–Crippen LogP) is 15.6. The average molecular weight is 2100 g/mol. The van der Waals surface area contributed by atoms with E-state index in [0.717, 1.165) is 77.0 Å². The molecule has 146 heavy (non-hydrogen) atoms. The summed E-state index contributed by atoms with van der Waals surface area (Å²) >= 11 is 0. The van der Waals surface area contributed by atoms with E-state index in [1.54, 1.807) is 9.80 Å². The van der Waals surface area contributed by atoms with E-state index < -0.39 is 42.0 Å². The van der Waals surface area contributed by atoms with Gasteiger partial charge >= 0.3 is 23.9 Å². The number of nitrogens with one attached hydrogen (secondary N) is 3. The zero-order valence-corrected chi connectivity index (χ0v) is 88.9. The molecule has 38 nitrogen and oxygen atoms in total. The molecule has 38 heteroatoms. The van der Waals surface area contributed by atoms with Crippen molar-refractivity contribution in [3.63, 3.8) is 0 Å². The Morgan fingerprint density at radius 1 is 0.199 bits per heavy atom. The molecule has 0 aliphatic carbocycles. The monoisotopic (exact) mass is 2100 g/mol. The molecule has 0 rings (SSSR count). The number of aliphatic carboxylic acids is 4. The number of Topliss-reactive ketones (excluding diaryl/α,β-unsaturated/α-hetero) is 6. The van der Waals surface area contributed by atoms with Crippen LogP contribution in [0.2, 0.25) is 0 Å². The van der Waals surface area contributed by atoms with Crippen LogP contribution in [0.15, 0.2) is 0 Å². The van der Waals surface area contributed by atoms with Crippen LogP contribution < -0.4 is 16.0 Å². The fourth-order valence-corrected chi connectivity index (χ4v) is 14.1. The van der Waals surface area contributed by atoms with Crippen molar-refractivity contribution >= 4 is 94.0 Å². The third-order valence-electron chi connectivity index (χ3n) is 22.8. The van der Waals surface area contributed by atoms with Crippen molar-refractivity contribution in [3.05, 3.63) is 0 Å². The largest absolute Gasteiger partial charge is 0.481 e. The third kappa shape index (κ3) is 110. The van der Waals surface area contributed by atoms with Crippen LogP contribution in [0.4, 0.5) is 0 Å². The molecule has 0 bridgehead atoms. The minimum Gasteiger partial charge on any atom is -0.481 e. The second kappa shape index (κ2) is 111. The molecule has 7 N–H and O–H groups in total. The van der Waals surface area contributed by atoms with Gasteiger partial charge in [-0.05, 0) is 86.5 Å². The summed E-state index contributed by atoms with van der Waals surface area (Å²) in [5.74, 6) is -5.82. The molecule has 0 aliphatic rings. The van der Waals surface area contributed by atoms with Crippen molar-refractivity contribution in [2.24, 2.45) is 0 Å². The molecular weight excluding hydrogens is 1890 g/mol. The minimum atomic E-state index is -1.21. The van der Waals surface area contributed by atoms with Gasteiger partial charge in [0.25, 0.3) is 0 Å². The average Bonchev–Trinajstić information content (AvgIpc) is 0.914. The van der Waals surface area contributed by atoms with Crippen LogP contribution >= 0.6 is 0 Å². The Bertz CT molecular complexity index is 3180. The maximum Gasteiger partial charge on any atom is 0.326 e. The predicted molar refractivity (Wildman–Crippen MR) is 563 cm³/mol. The third-order valence-corrected chi connectivity index (χ3v) is 22.8. The summed E-state index contributed by atoms with van der Waals surface area (Å²) in [6.07, 6.45) is 38.3. The van der Waals surface area contributed by atoms with Crippen molar-refractivity contribution in [2.45, 2.75) is 404 Å². The van der Waals surface area contributed by atoms with E-state index in [1.807, 2.05) is 0 Å². The van der Waals surface area contributed by atoms with Gasteiger partial charge in [-0.25, -0.2) is 14.4 Å². The van der Waals surface area contributed by atoms with Gasteiger partial charge in [-0.2, -0.15) is 0 Å². The van der Waals surface area contributed by atoms with Crippen LogP contribution in [0, 0.1) is 0 Å². The molecule has 6 amide bonds. The Morgan fingerprint density at radius 2 is 0.349 bits per heavy atom. The van der Waals surface area contributed by atoms with Crippen molar-refractivity contribution < 1.29 is 154 Å². The second-order valence-electron chi connectivity index (χ2n) is 36.2. The number of ether oxygens (including phenoxy) is 12. The zero-order chi connectivity index (χ0) is 106. The number of unbranched alkanes of at least 4 members (excludes halogenated alkanes) is 29. The molecule has 3 unspecified atom stereocenters. The van der Waals surface area contributed by atoms with E-state index in [-0.39, 0.29) is 249 Å². The van der Waals surface area contributed by atoms with Gasteiger partial charge < -0.3 is 108 Å². The highest BCUT2D eigenvalue weighted by Gasteiger charge is 2.27. The highest BCUT2D eigenvalue weighted by Crippen LogP contribution is 2.18. The van der Waals surface area contributed by atoms with E-state index in [1.165, 1.54) is 149 Å². The Morgan fingerprint density at radius 3 is 0.500 bits per heavy atom. The molecule has 0 saturated heterocycles. The van der Waals surface area contributed by atoms with Crippen LogP contribution in [-0.4, -0.2) is 345 Å². The summed E-state index contributed by atoms with van der Waals surface area (Å²) in [6.45, 7) is 22.1. The molecule has 856 valence electrons. The summed E-state index contributed by atoms with van der Waals surface area (Å²) in [5, 5.41) is 45.4. The highest BCUT2D eigenvalue weighted by atomic mass is 16.6. The molecule has 3 atom stereocenters. The van der Waals surface area contributed by atoms with Gasteiger partial charge in [0.1, 0.15) is 52.8 Å². The lowest BCUT2D eigenvalue weighted by atomic mass is 10.0. The smallest absolute Gasteiger partial charge is 0.326 e. The van der Waals surface area contributed by atoms with E-state index in [9.17, 15) is 92.0 Å². The number of carboxylic acids is 4. The number of ketones is 6. The van der Waals surface area contributed by atoms with Gasteiger partial charge in [-0.1, -0.05) is 216 Å². The van der Waals surface area contributed by atoms with E-state index in [2.05, 4.69) is 29.8 Å². The molecular formula is C108H202N6O32. The molecule has 0 fully saturated rings. The van der Waals surface area contributed by atoms with Crippen LogP contribution in [-0.2, 0) is 134 Å². The molecule has 0 saturated carbocycles. The number of rotatable bonds is 106. The van der Waals surface area contributed by atoms with E-state index >= 15 is 0 Å². The van der Waals surface area contributed by atoms with Crippen molar-refractivity contribution in [1.29, 1.82) is 0 Å². The van der Waals surface area contributed by atoms with Crippen LogP contribution in [0.1, 0.15) is 386 Å². The van der Waals surface area contributed by atoms with Crippen molar-refractivity contribution in [1.82, 2.24) is 30.7 Å². The van der Waals surface area contributed by atoms with Gasteiger partial charge in [0, 0.05) is 123 Å². The number of nitrogens with zero attached hydrogens (tertiary/aromatic N) is 3. The van der Waals surface area contributed by atoms with Crippen molar-refractivity contribution in [3.8, 4) is 0 Å². The van der Waals surface area contributed by atoms with Crippen molar-refractivity contribution in [2.75, 3.05) is 198 Å². The summed E-state index contributed by atoms with van der Waals surface area (Å²) in [6, 6.07) is -3.48. The molecule has 0 aromatic carbocycles. The van der Waals surface area contributed by atoms with Gasteiger partial charge in [0.05, 0.1) is 159 Å². The van der Waals surface area contributed by atoms with Crippen LogP contribution in [0.5, 0.6) is 0 Å². The minimum absolute atomic E-state index is 0. The zero-order valence-electron chi connectivity index (χ0n) is 88.9. The van der Waals surface area contributed by atoms with Crippen LogP contribution in [0.25, 0.3) is 0 Å². The van der Waals surface area contributed by atoms with Crippen LogP contribution in [0.3, 0.4) is 0 Å². The van der Waals surface area contributed by atoms with Gasteiger partial charge in [0.2, 0.25) is 35.4 Å². The summed E-state index contributed by atoms with van der Waals surface area (Å²) in [5.41, 5.74) is 0. The summed E-state index contributed by atoms with van der Waals surface area (Å²) in [4.78, 5) is 193. The lowest BCUT2D eigenvalue weighted by Crippen LogP contribution is -2.42. The second-order valence-corrected chi connectivity index (χ2v) is 36.2. The quantitative estimate of drug-likeness (QED) is 0.0278. The molecule has 0 aromatic heterocycles. The lowest BCUT2D eigenvalue weighted by molar-refractivity contribution is -0.143. The first-order valence-electron chi connectivity index (χ1n) is 53.4. The standard InChI is InChI=1S/C39H72N2O10.C33H58N2O12.C33H60N2O10.3CH4/c1-4-5-6-7-8-9-10-11-12-13-14-15-16-17-18-19-37(44)40-36(39(46)47)20-21-38(45)41(24-28-50-32-30-48-26-22-34(2)42)25-29-51-33-31-49-27-23-35(3)43;1-27(36)15-19-44-23-25-46-21-17-35(18-22-47-26-24-45-20-16-28(2)37)31(39)14-13-29(33(42)43)34-30(38)11-9-7-5-3-4-6-8-10-12-32(40)41;1-4-5-6-7-8-9-10-11-12-13-31(38)34-30(33(40)41)14-15-32(39)35(18-22-44-26-24-42-20-16-28(2)36)19-23-45-27-25-43-21-17-29(3)37;;;/h36H,4-33H2,1-3H3,(H,40,44)(H,46,47);29H,3-26H2,1-2H3,(H,34,38)(H,40,41)(H,42,43);30H,4-27H2,1-3H3,(H,34,38)(H,40,41);3*1H4. The number of carbonyl (C=O) groups is 16. The maximum atomic E-state index is 13.1. The lowest BCUT2D eigenvalue weighted by Gasteiger charge is -2.24. The Hall–Kier alpha value is -7.76. The first kappa shape index (κ1) is 149. The highest BCUT2D eigenvalue weighted by molar-refractivity contribution is 5.87. The Balaban J connectivity index is -0.000000499. The number of hydrogen-bond acceptors (Lipinski definition) is 28. The maximum absolute atomic E-state index is 13.1. The van der Waals surface area contributed by atoms with E-state index in [0.29, 0.717) is 170 Å². The van der Waals surface area contributed by atoms with Gasteiger partial charge in [0.15, 0.2) is 0 Å². The Labute approximate surface area is 876 Å². The number of amides is 6. The number of carbonyl (C=O) groups excluding carboxylic acids is 12. The fraction of sp³-hybridized carbons (Fsp3) is 0.852. The molecule has 0 aromatic rings. The SMILES string of the molecule is C.C.C.CC(=O)CCOCCOCCN(CCOCCOCCC(C)=O)C(=O)CCC(NC(=O)CCCCCCCCCCC(=O)O)C(=O)O.CCCCCCCCCCCC(=O)NC(CCC(=O)N(CCOCCOCCC(C)=O)CCOCCOCCC(C)=O)C(=O)O.CCCCCCCCCCCCCCCCCC(=O)NC(CCC(=O)N(CCOCCOCCC(C)=O)CCOCCOCCC(C)=O)C(=O)O. The van der Waals surface area contributed by atoms with Gasteiger partial charge in [-0.3, -0.25) is 62.3 Å². The van der Waals surface area contributed by atoms with Gasteiger partial charge in [-0.15, -0.1) is 0 Å². The number of carboxylic acid groups (broad SMARTS) is 4. The fourth-order valence-electron chi connectivity index (χ4n) is 14.1. The molecule has 0 radical (unpaired) electrons. The molecule has 0 aliphatic heterocycles. The topological polar surface area (TPSA) is 511 Å². The summed E-state index contributed by atoms with van der Waals surface area (Å²) in [7, 11) is 0.